The van der Waals surface area contributed by atoms with Crippen LogP contribution in [0.5, 0.6) is 0 Å². The molecule has 0 fully saturated rings. The maximum absolute atomic E-state index is 11.0. The summed E-state index contributed by atoms with van der Waals surface area (Å²) >= 11 is 0. The van der Waals surface area contributed by atoms with Crippen molar-refractivity contribution < 1.29 is 9.32 Å². The highest BCUT2D eigenvalue weighted by Gasteiger charge is 2.20. The van der Waals surface area contributed by atoms with Crippen LogP contribution in [0, 0.1) is 0 Å². The van der Waals surface area contributed by atoms with Crippen LogP contribution in [-0.2, 0) is 13.0 Å². The average molecular weight is 166 g/mol. The molecule has 12 heavy (non-hydrogen) atoms. The number of hydrogen-bond acceptors (Lipinski definition) is 4. The monoisotopic (exact) mass is 166 g/mol. The molecule has 4 nitrogen and oxygen atoms in total. The molecule has 0 saturated heterocycles. The van der Waals surface area contributed by atoms with Crippen molar-refractivity contribution in [1.29, 1.82) is 0 Å². The fraction of sp³-hybridized carbons (Fsp3) is 0.500. The van der Waals surface area contributed by atoms with E-state index < -0.39 is 0 Å². The second-order valence-corrected chi connectivity index (χ2v) is 2.92. The fourth-order valence-electron chi connectivity index (χ4n) is 1.41. The van der Waals surface area contributed by atoms with Gasteiger partial charge in [0, 0.05) is 32.0 Å². The van der Waals surface area contributed by atoms with E-state index in [0.29, 0.717) is 12.2 Å². The van der Waals surface area contributed by atoms with Gasteiger partial charge in [-0.15, -0.1) is 0 Å². The van der Waals surface area contributed by atoms with Crippen molar-refractivity contribution in [3.8, 4) is 0 Å². The minimum atomic E-state index is -0.0244. The molecule has 1 N–H and O–H groups in total. The van der Waals surface area contributed by atoms with Gasteiger partial charge in [0.1, 0.15) is 5.76 Å². The number of carbonyl (C=O) groups is 1. The summed E-state index contributed by atoms with van der Waals surface area (Å²) in [6.07, 6.45) is 0.829. The Morgan fingerprint density at radius 3 is 3.25 bits per heavy atom. The first kappa shape index (κ1) is 7.49. The number of fused-ring (bicyclic) bond motifs is 1. The van der Waals surface area contributed by atoms with Crippen LogP contribution in [0.25, 0.3) is 0 Å². The van der Waals surface area contributed by atoms with Crippen LogP contribution in [0.1, 0.15) is 28.7 Å². The molecule has 1 aromatic rings. The smallest absolute Gasteiger partial charge is 0.181 e. The molecule has 0 bridgehead atoms. The molecule has 0 unspecified atom stereocenters. The molecular formula is C8H10N2O2. The Balaban J connectivity index is 2.44. The van der Waals surface area contributed by atoms with Crippen molar-refractivity contribution in [2.24, 2.45) is 0 Å². The van der Waals surface area contributed by atoms with Crippen molar-refractivity contribution in [3.63, 3.8) is 0 Å². The Kier molecular flexibility index (Phi) is 1.69. The highest BCUT2D eigenvalue weighted by molar-refractivity contribution is 5.93. The van der Waals surface area contributed by atoms with Gasteiger partial charge in [0.05, 0.1) is 0 Å². The van der Waals surface area contributed by atoms with Crippen LogP contribution < -0.4 is 5.32 Å². The zero-order valence-electron chi connectivity index (χ0n) is 6.89. The zero-order chi connectivity index (χ0) is 8.55. The number of rotatable bonds is 1. The quantitative estimate of drug-likeness (QED) is 0.618. The van der Waals surface area contributed by atoms with E-state index in [2.05, 4.69) is 10.5 Å². The molecule has 0 radical (unpaired) electrons. The van der Waals surface area contributed by atoms with Gasteiger partial charge >= 0.3 is 0 Å². The summed E-state index contributed by atoms with van der Waals surface area (Å²) < 4.78 is 5.04. The van der Waals surface area contributed by atoms with Crippen molar-refractivity contribution in [2.45, 2.75) is 19.9 Å². The van der Waals surface area contributed by atoms with Crippen LogP contribution in [-0.4, -0.2) is 17.5 Å². The Morgan fingerprint density at radius 2 is 2.50 bits per heavy atom. The van der Waals surface area contributed by atoms with E-state index in [0.717, 1.165) is 24.3 Å². The SMILES string of the molecule is CC(=O)c1noc2c1CNCC2. The maximum Gasteiger partial charge on any atom is 0.181 e. The van der Waals surface area contributed by atoms with Gasteiger partial charge in [0.25, 0.3) is 0 Å². The van der Waals surface area contributed by atoms with Gasteiger partial charge in [-0.1, -0.05) is 5.16 Å². The number of nitrogens with one attached hydrogen (secondary N) is 1. The van der Waals surface area contributed by atoms with Crippen molar-refractivity contribution in [1.82, 2.24) is 10.5 Å². The molecule has 1 aromatic heterocycles. The van der Waals surface area contributed by atoms with E-state index in [1.165, 1.54) is 6.92 Å². The maximum atomic E-state index is 11.0. The van der Waals surface area contributed by atoms with Crippen LogP contribution in [0.15, 0.2) is 4.52 Å². The number of hydrogen-bond donors (Lipinski definition) is 1. The van der Waals surface area contributed by atoms with Crippen molar-refractivity contribution in [2.75, 3.05) is 6.54 Å². The number of nitrogens with zero attached hydrogens (tertiary/aromatic N) is 1. The molecule has 1 aliphatic heterocycles. The minimum absolute atomic E-state index is 0.0244. The summed E-state index contributed by atoms with van der Waals surface area (Å²) in [5, 5.41) is 6.90. The first-order chi connectivity index (χ1) is 5.79. The van der Waals surface area contributed by atoms with E-state index in [-0.39, 0.29) is 5.78 Å². The third-order valence-electron chi connectivity index (χ3n) is 2.03. The molecule has 1 aliphatic rings. The summed E-state index contributed by atoms with van der Waals surface area (Å²) in [4.78, 5) is 11.0. The second-order valence-electron chi connectivity index (χ2n) is 2.92. The lowest BCUT2D eigenvalue weighted by Crippen LogP contribution is -2.23. The van der Waals surface area contributed by atoms with E-state index in [1.54, 1.807) is 0 Å². The Morgan fingerprint density at radius 1 is 1.67 bits per heavy atom. The predicted octanol–water partition coefficient (Wildman–Crippen LogP) is 0.523. The lowest BCUT2D eigenvalue weighted by Gasteiger charge is -2.09. The Hall–Kier alpha value is -1.16. The van der Waals surface area contributed by atoms with Gasteiger partial charge < -0.3 is 9.84 Å². The third kappa shape index (κ3) is 1.04. The average Bonchev–Trinajstić information content (AvgIpc) is 2.47. The fourth-order valence-corrected chi connectivity index (χ4v) is 1.41. The number of ketones is 1. The van der Waals surface area contributed by atoms with E-state index in [4.69, 9.17) is 4.52 Å². The van der Waals surface area contributed by atoms with Gasteiger partial charge in [-0.25, -0.2) is 0 Å². The van der Waals surface area contributed by atoms with E-state index in [9.17, 15) is 4.79 Å². The molecule has 0 saturated carbocycles. The Bertz CT molecular complexity index is 317. The van der Waals surface area contributed by atoms with Gasteiger partial charge in [-0.2, -0.15) is 0 Å². The summed E-state index contributed by atoms with van der Waals surface area (Å²) in [6, 6.07) is 0. The summed E-state index contributed by atoms with van der Waals surface area (Å²) in [7, 11) is 0. The molecule has 2 heterocycles. The van der Waals surface area contributed by atoms with Crippen LogP contribution >= 0.6 is 0 Å². The van der Waals surface area contributed by atoms with E-state index in [1.807, 2.05) is 0 Å². The first-order valence-corrected chi connectivity index (χ1v) is 3.98. The summed E-state index contributed by atoms with van der Waals surface area (Å²) in [5.74, 6) is 0.836. The molecule has 0 aliphatic carbocycles. The van der Waals surface area contributed by atoms with Crippen molar-refractivity contribution in [3.05, 3.63) is 17.0 Å². The molecule has 0 spiro atoms. The molecule has 0 amide bonds. The topological polar surface area (TPSA) is 55.1 Å². The van der Waals surface area contributed by atoms with Crippen LogP contribution in [0.4, 0.5) is 0 Å². The largest absolute Gasteiger partial charge is 0.360 e. The highest BCUT2D eigenvalue weighted by atomic mass is 16.5. The first-order valence-electron chi connectivity index (χ1n) is 3.98. The van der Waals surface area contributed by atoms with Crippen molar-refractivity contribution >= 4 is 5.78 Å². The van der Waals surface area contributed by atoms with E-state index >= 15 is 0 Å². The lowest BCUT2D eigenvalue weighted by atomic mass is 10.1. The minimum Gasteiger partial charge on any atom is -0.360 e. The van der Waals surface area contributed by atoms with Gasteiger partial charge in [-0.3, -0.25) is 4.79 Å². The number of aromatic nitrogens is 1. The summed E-state index contributed by atoms with van der Waals surface area (Å²) in [6.45, 7) is 3.11. The summed E-state index contributed by atoms with van der Waals surface area (Å²) in [5.41, 5.74) is 1.42. The van der Waals surface area contributed by atoms with Gasteiger partial charge in [0.2, 0.25) is 0 Å². The van der Waals surface area contributed by atoms with Crippen LogP contribution in [0.3, 0.4) is 0 Å². The highest BCUT2D eigenvalue weighted by Crippen LogP contribution is 2.17. The predicted molar refractivity (Wildman–Crippen MR) is 41.9 cm³/mol. The second kappa shape index (κ2) is 2.71. The van der Waals surface area contributed by atoms with Gasteiger partial charge in [-0.05, 0) is 0 Å². The zero-order valence-corrected chi connectivity index (χ0v) is 6.89. The Labute approximate surface area is 69.9 Å². The molecule has 2 rings (SSSR count). The molecule has 0 aromatic carbocycles. The molecule has 4 heteroatoms. The molecule has 64 valence electrons. The normalized spacial score (nSPS) is 15.8. The molecular weight excluding hydrogens is 156 g/mol. The standard InChI is InChI=1S/C8H10N2O2/c1-5(11)8-6-4-9-3-2-7(6)12-10-8/h9H,2-4H2,1H3. The number of Topliss-reactive ketones (excluding diaryl/α,β-unsaturated/α-hetero) is 1. The lowest BCUT2D eigenvalue weighted by molar-refractivity contribution is 0.100. The van der Waals surface area contributed by atoms with Crippen LogP contribution in [0.2, 0.25) is 0 Å². The number of carbonyl (C=O) groups excluding carboxylic acids is 1. The van der Waals surface area contributed by atoms with Gasteiger partial charge in [0.15, 0.2) is 11.5 Å². The third-order valence-corrected chi connectivity index (χ3v) is 2.03. The molecule has 0 atom stereocenters.